The van der Waals surface area contributed by atoms with E-state index >= 15 is 0 Å². The molecule has 12 rings (SSSR count). The molecule has 0 unspecified atom stereocenters. The van der Waals surface area contributed by atoms with E-state index in [0.29, 0.717) is 11.1 Å². The van der Waals surface area contributed by atoms with Crippen molar-refractivity contribution in [2.24, 2.45) is 0 Å². The molecule has 0 amide bonds. The van der Waals surface area contributed by atoms with Crippen LogP contribution in [0, 0.1) is 22.7 Å². The van der Waals surface area contributed by atoms with Gasteiger partial charge in [0.2, 0.25) is 0 Å². The van der Waals surface area contributed by atoms with Crippen molar-refractivity contribution in [2.45, 2.75) is 5.41 Å². The van der Waals surface area contributed by atoms with Crippen LogP contribution in [0.2, 0.25) is 0 Å². The van der Waals surface area contributed by atoms with Crippen molar-refractivity contribution in [3.05, 3.63) is 240 Å². The molecule has 282 valence electrons. The van der Waals surface area contributed by atoms with Gasteiger partial charge in [-0.25, -0.2) is 0 Å². The van der Waals surface area contributed by atoms with Crippen molar-refractivity contribution in [1.82, 2.24) is 9.13 Å². The Morgan fingerprint density at radius 1 is 0.393 bits per heavy atom. The molecule has 11 aromatic rings. The smallest absolute Gasteiger partial charge is 0.101 e. The third-order valence-corrected chi connectivity index (χ3v) is 12.9. The zero-order valence-corrected chi connectivity index (χ0v) is 32.9. The van der Waals surface area contributed by atoms with Crippen molar-refractivity contribution >= 4 is 43.6 Å². The van der Waals surface area contributed by atoms with Crippen molar-refractivity contribution < 1.29 is 0 Å². The number of benzene rings is 9. The zero-order valence-electron chi connectivity index (χ0n) is 32.9. The predicted molar refractivity (Wildman–Crippen MR) is 247 cm³/mol. The predicted octanol–water partition coefficient (Wildman–Crippen LogP) is 13.7. The normalized spacial score (nSPS) is 12.7. The molecule has 0 fully saturated rings. The third-order valence-electron chi connectivity index (χ3n) is 12.9. The van der Waals surface area contributed by atoms with Crippen molar-refractivity contribution in [2.75, 3.05) is 0 Å². The number of aromatic nitrogens is 2. The average molecular weight is 775 g/mol. The Hall–Kier alpha value is -8.44. The highest BCUT2D eigenvalue weighted by atomic mass is 15.0. The van der Waals surface area contributed by atoms with E-state index < -0.39 is 5.41 Å². The molecular formula is C57H34N4. The monoisotopic (exact) mass is 774 g/mol. The Kier molecular flexibility index (Phi) is 7.54. The molecule has 1 aliphatic carbocycles. The van der Waals surface area contributed by atoms with Gasteiger partial charge in [-0.2, -0.15) is 10.5 Å². The van der Waals surface area contributed by atoms with Gasteiger partial charge in [0.05, 0.1) is 44.3 Å². The average Bonchev–Trinajstić information content (AvgIpc) is 3.96. The summed E-state index contributed by atoms with van der Waals surface area (Å²) >= 11 is 0. The Labute approximate surface area is 352 Å². The van der Waals surface area contributed by atoms with Crippen LogP contribution >= 0.6 is 0 Å². The van der Waals surface area contributed by atoms with E-state index in [1.54, 1.807) is 0 Å². The number of nitriles is 2. The van der Waals surface area contributed by atoms with Gasteiger partial charge in [0.25, 0.3) is 0 Å². The maximum atomic E-state index is 10.5. The van der Waals surface area contributed by atoms with Crippen LogP contribution in [0.1, 0.15) is 33.4 Å². The summed E-state index contributed by atoms with van der Waals surface area (Å²) in [5, 5.41) is 25.6. The number of fused-ring (bicyclic) bond motifs is 10. The molecule has 4 heteroatoms. The first kappa shape index (κ1) is 34.6. The molecule has 0 saturated heterocycles. The lowest BCUT2D eigenvalue weighted by Crippen LogP contribution is -2.28. The van der Waals surface area contributed by atoms with Gasteiger partial charge >= 0.3 is 0 Å². The minimum absolute atomic E-state index is 0.337. The minimum Gasteiger partial charge on any atom is -0.309 e. The summed E-state index contributed by atoms with van der Waals surface area (Å²) in [7, 11) is 0. The second-order valence-corrected chi connectivity index (χ2v) is 15.8. The van der Waals surface area contributed by atoms with Crippen molar-refractivity contribution in [1.29, 1.82) is 10.5 Å². The summed E-state index contributed by atoms with van der Waals surface area (Å²) < 4.78 is 4.62. The van der Waals surface area contributed by atoms with E-state index in [1.807, 2.05) is 12.1 Å². The lowest BCUT2D eigenvalue weighted by atomic mass is 9.67. The summed E-state index contributed by atoms with van der Waals surface area (Å²) in [5.74, 6) is 0. The topological polar surface area (TPSA) is 57.4 Å². The van der Waals surface area contributed by atoms with Gasteiger partial charge in [-0.15, -0.1) is 0 Å². The fourth-order valence-electron chi connectivity index (χ4n) is 10.5. The van der Waals surface area contributed by atoms with Gasteiger partial charge in [0.1, 0.15) is 12.1 Å². The van der Waals surface area contributed by atoms with Crippen LogP contribution in [0.3, 0.4) is 0 Å². The molecule has 0 N–H and O–H groups in total. The lowest BCUT2D eigenvalue weighted by molar-refractivity contribution is 0.769. The highest BCUT2D eigenvalue weighted by Crippen LogP contribution is 2.59. The Bertz CT molecular complexity index is 3580. The molecular weight excluding hydrogens is 741 g/mol. The maximum absolute atomic E-state index is 10.5. The van der Waals surface area contributed by atoms with E-state index in [1.165, 1.54) is 44.2 Å². The van der Waals surface area contributed by atoms with Gasteiger partial charge < -0.3 is 9.13 Å². The van der Waals surface area contributed by atoms with Gasteiger partial charge in [0, 0.05) is 32.8 Å². The van der Waals surface area contributed by atoms with Crippen LogP contribution in [0.25, 0.3) is 77.2 Å². The second kappa shape index (κ2) is 13.3. The van der Waals surface area contributed by atoms with Crippen LogP contribution in [0.4, 0.5) is 0 Å². The molecule has 0 spiro atoms. The van der Waals surface area contributed by atoms with E-state index in [9.17, 15) is 10.5 Å². The highest BCUT2D eigenvalue weighted by molar-refractivity contribution is 6.19. The first-order chi connectivity index (χ1) is 30.2. The molecule has 4 nitrogen and oxygen atoms in total. The maximum Gasteiger partial charge on any atom is 0.101 e. The van der Waals surface area contributed by atoms with E-state index in [2.05, 4.69) is 215 Å². The summed E-state index contributed by atoms with van der Waals surface area (Å²) in [5.41, 5.74) is 15.4. The van der Waals surface area contributed by atoms with Gasteiger partial charge in [-0.05, 0) is 87.5 Å². The minimum atomic E-state index is -0.549. The van der Waals surface area contributed by atoms with E-state index in [-0.39, 0.29) is 0 Å². The summed E-state index contributed by atoms with van der Waals surface area (Å²) in [6.45, 7) is 0. The van der Waals surface area contributed by atoms with Crippen LogP contribution in [-0.4, -0.2) is 9.13 Å². The number of nitrogens with zero attached hydrogens (tertiary/aromatic N) is 4. The summed E-state index contributed by atoms with van der Waals surface area (Å²) in [4.78, 5) is 0. The molecule has 2 aromatic heterocycles. The van der Waals surface area contributed by atoms with Gasteiger partial charge in [-0.3, -0.25) is 0 Å². The van der Waals surface area contributed by atoms with E-state index in [4.69, 9.17) is 0 Å². The number of para-hydroxylation sites is 3. The third kappa shape index (κ3) is 4.79. The summed E-state index contributed by atoms with van der Waals surface area (Å²) in [6.07, 6.45) is 0. The number of hydrogen-bond donors (Lipinski definition) is 0. The first-order valence-corrected chi connectivity index (χ1v) is 20.6. The molecule has 0 atom stereocenters. The Balaban J connectivity index is 1.17. The number of hydrogen-bond acceptors (Lipinski definition) is 2. The molecule has 1 aliphatic rings. The largest absolute Gasteiger partial charge is 0.309 e. The number of rotatable bonds is 5. The Morgan fingerprint density at radius 2 is 0.951 bits per heavy atom. The van der Waals surface area contributed by atoms with Crippen molar-refractivity contribution in [3.8, 4) is 45.8 Å². The Morgan fingerprint density at radius 3 is 1.61 bits per heavy atom. The molecule has 0 aliphatic heterocycles. The fourth-order valence-corrected chi connectivity index (χ4v) is 10.5. The quantitative estimate of drug-likeness (QED) is 0.175. The molecule has 61 heavy (non-hydrogen) atoms. The summed E-state index contributed by atoms with van der Waals surface area (Å²) in [6, 6.07) is 77.9. The standard InChI is InChI=1S/C57H34N4/c58-35-38-33-47(37-16-15-21-42(32-37)60-50-27-12-8-22-43(50)44-23-9-13-28-51(44)60)54(34-39(38)36-59)61-52-29-14-10-25-46(52)56-53(61)31-30-49-55(56)45-24-7-11-26-48(45)57(49,40-17-3-1-4-18-40)41-19-5-2-6-20-41/h1-34H. The van der Waals surface area contributed by atoms with E-state index in [0.717, 1.165) is 55.3 Å². The molecule has 0 bridgehead atoms. The van der Waals surface area contributed by atoms with Crippen LogP contribution in [-0.2, 0) is 5.41 Å². The molecule has 0 saturated carbocycles. The SMILES string of the molecule is N#Cc1cc(-c2cccc(-n3c4ccccc4c4ccccc43)c2)c(-n2c3ccccc3c3c4c(ccc32)C(c2ccccc2)(c2ccccc2)c2ccccc2-4)cc1C#N. The first-order valence-electron chi connectivity index (χ1n) is 20.6. The zero-order chi connectivity index (χ0) is 40.7. The van der Waals surface area contributed by atoms with Crippen LogP contribution in [0.5, 0.6) is 0 Å². The highest BCUT2D eigenvalue weighted by Gasteiger charge is 2.47. The second-order valence-electron chi connectivity index (χ2n) is 15.8. The fraction of sp³-hybridized carbons (Fsp3) is 0.0175. The van der Waals surface area contributed by atoms with Gasteiger partial charge in [-0.1, -0.05) is 158 Å². The van der Waals surface area contributed by atoms with Crippen LogP contribution < -0.4 is 0 Å². The lowest BCUT2D eigenvalue weighted by Gasteiger charge is -2.33. The van der Waals surface area contributed by atoms with Crippen LogP contribution in [0.15, 0.2) is 206 Å². The van der Waals surface area contributed by atoms with Crippen molar-refractivity contribution in [3.63, 3.8) is 0 Å². The molecule has 0 radical (unpaired) electrons. The van der Waals surface area contributed by atoms with Gasteiger partial charge in [0.15, 0.2) is 0 Å². The molecule has 2 heterocycles. The molecule has 9 aromatic carbocycles.